The fraction of sp³-hybridized carbons (Fsp3) is 0.889. The van der Waals surface area contributed by atoms with Crippen LogP contribution in [0.15, 0.2) is 0 Å². The summed E-state index contributed by atoms with van der Waals surface area (Å²) in [6, 6.07) is 0. The van der Waals surface area contributed by atoms with Gasteiger partial charge in [-0.15, -0.1) is 6.42 Å². The van der Waals surface area contributed by atoms with Crippen LogP contribution in [0.1, 0.15) is 51.9 Å². The van der Waals surface area contributed by atoms with Crippen LogP contribution in [0.25, 0.3) is 0 Å². The Hall–Kier alpha value is -1.25. The van der Waals surface area contributed by atoms with E-state index in [-0.39, 0.29) is 12.0 Å². The van der Waals surface area contributed by atoms with E-state index in [4.69, 9.17) is 4.74 Å². The van der Waals surface area contributed by atoms with Crippen molar-refractivity contribution in [2.24, 2.45) is 23.2 Å². The normalized spacial score (nSPS) is 31.0. The number of carbonyl (C=O) groups is 1. The zero-order valence-corrected chi connectivity index (χ0v) is 19.1. The van der Waals surface area contributed by atoms with E-state index in [0.717, 1.165) is 45.4 Å². The van der Waals surface area contributed by atoms with E-state index in [1.807, 2.05) is 0 Å². The Morgan fingerprint density at radius 3 is 1.70 bits per heavy atom. The van der Waals surface area contributed by atoms with E-state index in [2.05, 4.69) is 5.32 Å². The zero-order chi connectivity index (χ0) is 25.0. The van der Waals surface area contributed by atoms with Crippen LogP contribution in [0, 0.1) is 27.8 Å². The van der Waals surface area contributed by atoms with Gasteiger partial charge in [-0.1, -0.05) is 4.58 Å². The molecule has 1 unspecified atom stereocenters. The SMILES string of the molecule is CC(C[C-](S(=O)(=O)C(F)(F)F)S(=O)(=O)C(F)(F)F)OC(=O)NCC12CC3CC(CC(C3)C1)C2. The van der Waals surface area contributed by atoms with E-state index in [9.17, 15) is 48.0 Å². The van der Waals surface area contributed by atoms with Gasteiger partial charge in [0.2, 0.25) is 0 Å². The maximum Gasteiger partial charge on any atom is 0.469 e. The van der Waals surface area contributed by atoms with Crippen molar-refractivity contribution in [2.45, 2.75) is 69.0 Å². The largest absolute Gasteiger partial charge is 0.469 e. The van der Waals surface area contributed by atoms with Gasteiger partial charge in [0, 0.05) is 6.54 Å². The second-order valence-electron chi connectivity index (χ2n) is 9.46. The predicted octanol–water partition coefficient (Wildman–Crippen LogP) is 4.07. The lowest BCUT2D eigenvalue weighted by atomic mass is 9.49. The molecule has 0 aliphatic heterocycles. The number of nitrogens with one attached hydrogen (secondary N) is 1. The van der Waals surface area contributed by atoms with Crippen LogP contribution >= 0.6 is 0 Å². The molecule has 1 atom stereocenters. The number of hydrogen-bond acceptors (Lipinski definition) is 6. The first-order valence-corrected chi connectivity index (χ1v) is 13.3. The van der Waals surface area contributed by atoms with Crippen LogP contribution in [-0.2, 0) is 24.4 Å². The minimum absolute atomic E-state index is 0.145. The Morgan fingerprint density at radius 1 is 0.939 bits per heavy atom. The number of halogens is 6. The van der Waals surface area contributed by atoms with Crippen molar-refractivity contribution < 1.29 is 52.7 Å². The molecule has 1 amide bonds. The highest BCUT2D eigenvalue weighted by Crippen LogP contribution is 2.59. The molecule has 4 saturated carbocycles. The summed E-state index contributed by atoms with van der Waals surface area (Å²) in [7, 11) is -13.7. The van der Waals surface area contributed by atoms with Crippen molar-refractivity contribution >= 4 is 25.8 Å². The number of carbonyl (C=O) groups excluding carboxylic acids is 1. The van der Waals surface area contributed by atoms with E-state index in [0.29, 0.717) is 17.8 Å². The van der Waals surface area contributed by atoms with Crippen LogP contribution < -0.4 is 5.32 Å². The van der Waals surface area contributed by atoms with Crippen LogP contribution in [0.2, 0.25) is 0 Å². The van der Waals surface area contributed by atoms with Gasteiger partial charge in [-0.25, -0.2) is 4.79 Å². The Bertz CT molecular complexity index is 896. The maximum absolute atomic E-state index is 12.8. The molecule has 1 N–H and O–H groups in total. The van der Waals surface area contributed by atoms with Crippen molar-refractivity contribution in [1.82, 2.24) is 5.32 Å². The molecule has 192 valence electrons. The van der Waals surface area contributed by atoms with Gasteiger partial charge in [0.25, 0.3) is 0 Å². The van der Waals surface area contributed by atoms with Crippen LogP contribution in [0.5, 0.6) is 0 Å². The first kappa shape index (κ1) is 26.4. The van der Waals surface area contributed by atoms with E-state index in [1.165, 1.54) is 0 Å². The lowest BCUT2D eigenvalue weighted by molar-refractivity contribution is -0.0514. The van der Waals surface area contributed by atoms with Crippen molar-refractivity contribution in [3.05, 3.63) is 4.58 Å². The second kappa shape index (κ2) is 8.45. The molecule has 0 saturated heterocycles. The molecular formula is C18H24F6NO6S2-. The minimum atomic E-state index is -6.86. The van der Waals surface area contributed by atoms with Gasteiger partial charge in [0.15, 0.2) is 0 Å². The third-order valence-electron chi connectivity index (χ3n) is 6.74. The van der Waals surface area contributed by atoms with Gasteiger partial charge in [0.1, 0.15) is 19.7 Å². The lowest BCUT2D eigenvalue weighted by Gasteiger charge is -2.56. The zero-order valence-electron chi connectivity index (χ0n) is 17.5. The summed E-state index contributed by atoms with van der Waals surface area (Å²) in [5.74, 6) is 1.68. The Balaban J connectivity index is 1.65. The van der Waals surface area contributed by atoms with E-state index >= 15 is 0 Å². The Kier molecular flexibility index (Phi) is 6.75. The third kappa shape index (κ3) is 5.22. The van der Waals surface area contributed by atoms with Crippen molar-refractivity contribution in [2.75, 3.05) is 6.54 Å². The highest BCUT2D eigenvalue weighted by molar-refractivity contribution is 8.13. The summed E-state index contributed by atoms with van der Waals surface area (Å²) in [5, 5.41) is 2.47. The van der Waals surface area contributed by atoms with Crippen molar-refractivity contribution in [3.8, 4) is 0 Å². The summed E-state index contributed by atoms with van der Waals surface area (Å²) in [5.41, 5.74) is -12.7. The standard InChI is InChI=1S/C18H24F6NO6S2/c1-10(2-14(32(27,28)17(19,20)21)33(29,30)18(22,23)24)31-15(26)25-9-16-6-11-3-12(7-16)5-13(4-11)8-16/h10-13H,2-9H2,1H3,(H,25,26)/q-1. The van der Waals surface area contributed by atoms with Gasteiger partial charge in [-0.2, -0.15) is 26.3 Å². The first-order chi connectivity index (χ1) is 14.9. The molecule has 4 aliphatic rings. The molecule has 4 bridgehead atoms. The summed E-state index contributed by atoms with van der Waals surface area (Å²) in [4.78, 5) is 12.1. The number of sulfone groups is 2. The van der Waals surface area contributed by atoms with E-state index in [1.54, 1.807) is 0 Å². The molecule has 33 heavy (non-hydrogen) atoms. The smallest absolute Gasteiger partial charge is 0.449 e. The summed E-state index contributed by atoms with van der Waals surface area (Å²) in [6.45, 7) is 1.02. The topological polar surface area (TPSA) is 107 Å². The van der Waals surface area contributed by atoms with Gasteiger partial charge >= 0.3 is 17.1 Å². The number of amides is 1. The monoisotopic (exact) mass is 528 g/mol. The molecular weight excluding hydrogens is 504 g/mol. The average molecular weight is 529 g/mol. The quantitative estimate of drug-likeness (QED) is 0.395. The molecule has 0 aromatic heterocycles. The molecule has 0 spiro atoms. The van der Waals surface area contributed by atoms with Gasteiger partial charge < -0.3 is 10.1 Å². The summed E-state index contributed by atoms with van der Waals surface area (Å²) in [6.07, 6.45) is 1.25. The number of rotatable bonds is 7. The van der Waals surface area contributed by atoms with Crippen LogP contribution in [-0.4, -0.2) is 46.6 Å². The second-order valence-corrected chi connectivity index (χ2v) is 13.6. The number of ether oxygens (including phenoxy) is 1. The maximum atomic E-state index is 12.8. The fourth-order valence-electron chi connectivity index (χ4n) is 5.89. The van der Waals surface area contributed by atoms with Crippen molar-refractivity contribution in [3.63, 3.8) is 0 Å². The average Bonchev–Trinajstić information content (AvgIpc) is 2.61. The highest BCUT2D eigenvalue weighted by Gasteiger charge is 2.54. The molecule has 0 aromatic rings. The number of alkyl carbamates (subject to hydrolysis) is 1. The lowest BCUT2D eigenvalue weighted by Crippen LogP contribution is -2.51. The van der Waals surface area contributed by atoms with Crippen molar-refractivity contribution in [1.29, 1.82) is 0 Å². The summed E-state index contributed by atoms with van der Waals surface area (Å²) < 4.78 is 125. The van der Waals surface area contributed by atoms with E-state index < -0.39 is 53.9 Å². The van der Waals surface area contributed by atoms with Crippen LogP contribution in [0.3, 0.4) is 0 Å². The molecule has 0 radical (unpaired) electrons. The van der Waals surface area contributed by atoms with Gasteiger partial charge in [-0.05, 0) is 68.6 Å². The molecule has 0 aromatic carbocycles. The number of hydrogen-bond donors (Lipinski definition) is 1. The fourth-order valence-corrected chi connectivity index (χ4v) is 9.04. The predicted molar refractivity (Wildman–Crippen MR) is 102 cm³/mol. The molecule has 4 rings (SSSR count). The highest BCUT2D eigenvalue weighted by atomic mass is 32.3. The molecule has 0 heterocycles. The van der Waals surface area contributed by atoms with Crippen LogP contribution in [0.4, 0.5) is 31.1 Å². The molecule has 4 fully saturated rings. The van der Waals surface area contributed by atoms with Gasteiger partial charge in [-0.3, -0.25) is 16.8 Å². The first-order valence-electron chi connectivity index (χ1n) is 10.3. The summed E-state index contributed by atoms with van der Waals surface area (Å²) >= 11 is 0. The van der Waals surface area contributed by atoms with Gasteiger partial charge in [0.05, 0.1) is 6.10 Å². The third-order valence-corrected chi connectivity index (χ3v) is 10.8. The minimum Gasteiger partial charge on any atom is -0.449 e. The Morgan fingerprint density at radius 2 is 1.33 bits per heavy atom. The molecule has 4 aliphatic carbocycles. The number of alkyl halides is 6. The molecule has 7 nitrogen and oxygen atoms in total. The molecule has 15 heteroatoms. The Labute approximate surface area is 187 Å².